The van der Waals surface area contributed by atoms with Crippen molar-refractivity contribution in [3.05, 3.63) is 21.9 Å². The minimum absolute atomic E-state index is 0.0905. The SMILES string of the molecule is CCOC(=O)C(C(=O)OCC)=C1Sc2c(OC(=O)C3CCC(C4CCC(C)CC4)CC3)ccc(OC(=O)C3CCC(C4CCC(C)CC4)CC3)c2S1. The number of carbonyl (C=O) groups excluding carboxylic acids is 4. The van der Waals surface area contributed by atoms with Gasteiger partial charge in [0.1, 0.15) is 11.5 Å². The van der Waals surface area contributed by atoms with Crippen LogP contribution in [0.5, 0.6) is 11.5 Å². The van der Waals surface area contributed by atoms with E-state index in [1.807, 2.05) is 0 Å². The van der Waals surface area contributed by atoms with Crippen molar-refractivity contribution in [2.45, 2.75) is 140 Å². The Balaban J connectivity index is 1.17. The highest BCUT2D eigenvalue weighted by atomic mass is 32.2. The lowest BCUT2D eigenvalue weighted by Gasteiger charge is -2.36. The molecule has 52 heavy (non-hydrogen) atoms. The summed E-state index contributed by atoms with van der Waals surface area (Å²) in [6.45, 7) is 8.24. The molecule has 6 rings (SSSR count). The summed E-state index contributed by atoms with van der Waals surface area (Å²) in [5.41, 5.74) is -0.213. The van der Waals surface area contributed by atoms with Crippen molar-refractivity contribution in [3.8, 4) is 11.5 Å². The Hall–Kier alpha value is -2.46. The molecule has 4 aliphatic carbocycles. The molecule has 1 aromatic rings. The number of hydrogen-bond acceptors (Lipinski definition) is 10. The highest BCUT2D eigenvalue weighted by molar-refractivity contribution is 8.25. The molecule has 1 aliphatic heterocycles. The Morgan fingerprint density at radius 2 is 0.865 bits per heavy atom. The largest absolute Gasteiger partial charge is 0.462 e. The molecule has 0 atom stereocenters. The van der Waals surface area contributed by atoms with Crippen LogP contribution in [0.15, 0.2) is 31.7 Å². The molecule has 0 N–H and O–H groups in total. The normalized spacial score (nSPS) is 30.5. The maximum atomic E-state index is 13.6. The van der Waals surface area contributed by atoms with E-state index in [0.717, 1.165) is 98.6 Å². The summed E-state index contributed by atoms with van der Waals surface area (Å²) in [6, 6.07) is 3.36. The Bertz CT molecular complexity index is 1370. The van der Waals surface area contributed by atoms with Gasteiger partial charge in [-0.05, 0) is 139 Å². The van der Waals surface area contributed by atoms with Crippen molar-refractivity contribution >= 4 is 47.4 Å². The number of hydrogen-bond donors (Lipinski definition) is 0. The van der Waals surface area contributed by atoms with Crippen LogP contribution in [-0.2, 0) is 28.7 Å². The number of rotatable bonds is 10. The third-order valence-electron chi connectivity index (χ3n) is 12.7. The monoisotopic (exact) mass is 754 g/mol. The van der Waals surface area contributed by atoms with Gasteiger partial charge >= 0.3 is 23.9 Å². The van der Waals surface area contributed by atoms with E-state index in [1.54, 1.807) is 26.0 Å². The highest BCUT2D eigenvalue weighted by Gasteiger charge is 2.39. The number of benzene rings is 1. The van der Waals surface area contributed by atoms with Crippen molar-refractivity contribution < 1.29 is 38.1 Å². The fourth-order valence-electron chi connectivity index (χ4n) is 9.40. The van der Waals surface area contributed by atoms with Crippen LogP contribution in [0.2, 0.25) is 0 Å². The van der Waals surface area contributed by atoms with Gasteiger partial charge in [-0.15, -0.1) is 0 Å². The van der Waals surface area contributed by atoms with Gasteiger partial charge in [-0.25, -0.2) is 9.59 Å². The lowest BCUT2D eigenvalue weighted by atomic mass is 9.69. The van der Waals surface area contributed by atoms with Gasteiger partial charge in [0.05, 0.1) is 39.1 Å². The number of thioether (sulfide) groups is 2. The Labute approximate surface area is 318 Å². The number of esters is 4. The summed E-state index contributed by atoms with van der Waals surface area (Å²) in [4.78, 5) is 54.5. The van der Waals surface area contributed by atoms with Gasteiger partial charge < -0.3 is 18.9 Å². The smallest absolute Gasteiger partial charge is 0.347 e. The standard InChI is InChI=1S/C42H58O8S2/c1-5-47-40(45)35(41(46)48-6-2)42-51-36-33(49-38(43)31-19-15-29(16-20-31)27-11-7-25(3)8-12-27)23-24-34(37(36)52-42)50-39(44)32-21-17-30(18-22-32)28-13-9-26(4)10-14-28/h23-32H,5-22H2,1-4H3. The summed E-state index contributed by atoms with van der Waals surface area (Å²) in [6.07, 6.45) is 17.9. The van der Waals surface area contributed by atoms with Crippen molar-refractivity contribution in [1.29, 1.82) is 0 Å². The van der Waals surface area contributed by atoms with Crippen molar-refractivity contribution in [2.24, 2.45) is 47.3 Å². The van der Waals surface area contributed by atoms with Crippen LogP contribution in [-0.4, -0.2) is 37.1 Å². The number of fused-ring (bicyclic) bond motifs is 1. The first-order valence-corrected chi connectivity index (χ1v) is 21.8. The molecule has 1 heterocycles. The lowest BCUT2D eigenvalue weighted by molar-refractivity contribution is -0.147. The fourth-order valence-corrected chi connectivity index (χ4v) is 12.0. The molecule has 286 valence electrons. The first kappa shape index (κ1) is 39.2. The minimum Gasteiger partial charge on any atom is -0.462 e. The van der Waals surface area contributed by atoms with Gasteiger partial charge in [0.25, 0.3) is 0 Å². The van der Waals surface area contributed by atoms with Crippen LogP contribution in [0.3, 0.4) is 0 Å². The van der Waals surface area contributed by atoms with E-state index in [2.05, 4.69) is 13.8 Å². The second kappa shape index (κ2) is 18.2. The van der Waals surface area contributed by atoms with E-state index in [9.17, 15) is 19.2 Å². The Kier molecular flexibility index (Phi) is 13.8. The molecule has 8 nitrogen and oxygen atoms in total. The predicted octanol–water partition coefficient (Wildman–Crippen LogP) is 10.3. The van der Waals surface area contributed by atoms with Gasteiger partial charge in [-0.2, -0.15) is 0 Å². The van der Waals surface area contributed by atoms with Gasteiger partial charge in [0.2, 0.25) is 0 Å². The molecule has 0 aromatic heterocycles. The molecule has 0 saturated heterocycles. The van der Waals surface area contributed by atoms with E-state index in [-0.39, 0.29) is 42.6 Å². The Morgan fingerprint density at radius 3 is 1.19 bits per heavy atom. The third-order valence-corrected chi connectivity index (χ3v) is 15.3. The summed E-state index contributed by atoms with van der Waals surface area (Å²) in [5, 5.41) is 0. The van der Waals surface area contributed by atoms with E-state index < -0.39 is 11.9 Å². The quantitative estimate of drug-likeness (QED) is 0.0753. The number of ether oxygens (including phenoxy) is 4. The van der Waals surface area contributed by atoms with E-state index in [1.165, 1.54) is 51.4 Å². The molecule has 0 unspecified atom stereocenters. The van der Waals surface area contributed by atoms with Crippen LogP contribution in [0.1, 0.15) is 130 Å². The van der Waals surface area contributed by atoms with Crippen molar-refractivity contribution in [3.63, 3.8) is 0 Å². The van der Waals surface area contributed by atoms with Crippen LogP contribution in [0.25, 0.3) is 0 Å². The summed E-state index contributed by atoms with van der Waals surface area (Å²) in [7, 11) is 0. The molecule has 1 aromatic carbocycles. The molecule has 10 heteroatoms. The van der Waals surface area contributed by atoms with E-state index in [4.69, 9.17) is 18.9 Å². The predicted molar refractivity (Wildman–Crippen MR) is 203 cm³/mol. The van der Waals surface area contributed by atoms with Crippen LogP contribution in [0, 0.1) is 47.3 Å². The summed E-state index contributed by atoms with van der Waals surface area (Å²) >= 11 is 2.31. The zero-order valence-corrected chi connectivity index (χ0v) is 33.2. The zero-order valence-electron chi connectivity index (χ0n) is 31.6. The molecule has 0 bridgehead atoms. The summed E-state index contributed by atoms with van der Waals surface area (Å²) in [5.74, 6) is 2.80. The first-order chi connectivity index (χ1) is 25.1. The zero-order chi connectivity index (χ0) is 36.8. The molecular formula is C42H58O8S2. The molecule has 4 saturated carbocycles. The second-order valence-corrected chi connectivity index (χ2v) is 18.4. The second-order valence-electron chi connectivity index (χ2n) is 16.1. The Morgan fingerprint density at radius 1 is 0.538 bits per heavy atom. The molecule has 0 radical (unpaired) electrons. The topological polar surface area (TPSA) is 105 Å². The minimum atomic E-state index is -0.783. The maximum Gasteiger partial charge on any atom is 0.347 e. The van der Waals surface area contributed by atoms with Crippen LogP contribution >= 0.6 is 23.5 Å². The van der Waals surface area contributed by atoms with E-state index >= 15 is 0 Å². The molecule has 5 aliphatic rings. The third kappa shape index (κ3) is 9.42. The van der Waals surface area contributed by atoms with Gasteiger partial charge in [-0.1, -0.05) is 63.1 Å². The van der Waals surface area contributed by atoms with Crippen LogP contribution < -0.4 is 9.47 Å². The molecule has 0 spiro atoms. The van der Waals surface area contributed by atoms with Gasteiger partial charge in [0, 0.05) is 0 Å². The lowest BCUT2D eigenvalue weighted by Crippen LogP contribution is -2.30. The van der Waals surface area contributed by atoms with Gasteiger partial charge in [0.15, 0.2) is 5.57 Å². The molecule has 0 amide bonds. The van der Waals surface area contributed by atoms with Crippen LogP contribution in [0.4, 0.5) is 0 Å². The average molecular weight is 755 g/mol. The van der Waals surface area contributed by atoms with Crippen molar-refractivity contribution in [2.75, 3.05) is 13.2 Å². The molecular weight excluding hydrogens is 697 g/mol. The number of carbonyl (C=O) groups is 4. The van der Waals surface area contributed by atoms with E-state index in [0.29, 0.717) is 37.4 Å². The van der Waals surface area contributed by atoms with Crippen molar-refractivity contribution in [1.82, 2.24) is 0 Å². The first-order valence-electron chi connectivity index (χ1n) is 20.2. The maximum absolute atomic E-state index is 13.6. The average Bonchev–Trinajstić information content (AvgIpc) is 3.59. The fraction of sp³-hybridized carbons (Fsp3) is 0.714. The molecule has 4 fully saturated rings. The summed E-state index contributed by atoms with van der Waals surface area (Å²) < 4.78 is 23.1. The van der Waals surface area contributed by atoms with Gasteiger partial charge in [-0.3, -0.25) is 9.59 Å². The highest BCUT2D eigenvalue weighted by Crippen LogP contribution is 2.59.